The van der Waals surface area contributed by atoms with E-state index in [1.54, 1.807) is 0 Å². The Morgan fingerprint density at radius 2 is 1.97 bits per heavy atom. The van der Waals surface area contributed by atoms with Crippen LogP contribution in [0.4, 0.5) is 10.1 Å². The van der Waals surface area contributed by atoms with E-state index in [2.05, 4.69) is 10.6 Å². The fourth-order valence-corrected chi connectivity index (χ4v) is 3.50. The van der Waals surface area contributed by atoms with E-state index in [4.69, 9.17) is 16.3 Å². The summed E-state index contributed by atoms with van der Waals surface area (Å²) in [7, 11) is 0. The van der Waals surface area contributed by atoms with Crippen molar-refractivity contribution in [3.63, 3.8) is 0 Å². The Hall–Kier alpha value is -1.70. The van der Waals surface area contributed by atoms with E-state index in [1.807, 2.05) is 25.7 Å². The lowest BCUT2D eigenvalue weighted by molar-refractivity contribution is -0.127. The van der Waals surface area contributed by atoms with Crippen LogP contribution >= 0.6 is 11.6 Å². The monoisotopic (exact) mass is 427 g/mol. The standard InChI is InChI=1S/C21H31ClFN3O3/c1-14(2)29-12-4-9-24-21(28)16-7-10-26(11-8-16)15(3)20(27)25-19-6-5-17(23)13-18(19)22/h5-6,13-16H,4,7-12H2,1-3H3,(H,24,28)(H,25,27). The number of carbonyl (C=O) groups excluding carboxylic acids is 2. The van der Waals surface area contributed by atoms with Crippen LogP contribution < -0.4 is 10.6 Å². The molecule has 1 heterocycles. The van der Waals surface area contributed by atoms with Crippen LogP contribution in [-0.4, -0.2) is 55.1 Å². The molecule has 162 valence electrons. The smallest absolute Gasteiger partial charge is 0.241 e. The highest BCUT2D eigenvalue weighted by atomic mass is 35.5. The van der Waals surface area contributed by atoms with Gasteiger partial charge in [0.2, 0.25) is 11.8 Å². The van der Waals surface area contributed by atoms with Crippen LogP contribution in [0.3, 0.4) is 0 Å². The van der Waals surface area contributed by atoms with Gasteiger partial charge in [-0.1, -0.05) is 11.6 Å². The van der Waals surface area contributed by atoms with E-state index < -0.39 is 5.82 Å². The number of nitrogens with zero attached hydrogens (tertiary/aromatic N) is 1. The number of rotatable bonds is 9. The van der Waals surface area contributed by atoms with Crippen molar-refractivity contribution in [1.82, 2.24) is 10.2 Å². The maximum absolute atomic E-state index is 13.1. The van der Waals surface area contributed by atoms with Crippen molar-refractivity contribution in [2.45, 2.75) is 52.2 Å². The molecule has 0 bridgehead atoms. The molecule has 0 aliphatic carbocycles. The molecule has 0 spiro atoms. The first-order valence-corrected chi connectivity index (χ1v) is 10.5. The molecule has 2 rings (SSSR count). The van der Waals surface area contributed by atoms with Gasteiger partial charge >= 0.3 is 0 Å². The van der Waals surface area contributed by atoms with Crippen LogP contribution in [0.15, 0.2) is 18.2 Å². The van der Waals surface area contributed by atoms with Crippen molar-refractivity contribution in [2.75, 3.05) is 31.6 Å². The van der Waals surface area contributed by atoms with Crippen LogP contribution in [0.25, 0.3) is 0 Å². The Morgan fingerprint density at radius 1 is 1.28 bits per heavy atom. The van der Waals surface area contributed by atoms with Gasteiger partial charge in [-0.15, -0.1) is 0 Å². The molecule has 1 unspecified atom stereocenters. The van der Waals surface area contributed by atoms with Crippen molar-refractivity contribution in [3.05, 3.63) is 29.0 Å². The SMILES string of the molecule is CC(C)OCCCNC(=O)C1CCN(C(C)C(=O)Nc2ccc(F)cc2Cl)CC1. The highest BCUT2D eigenvalue weighted by Gasteiger charge is 2.29. The zero-order chi connectivity index (χ0) is 21.4. The average Bonchev–Trinajstić information content (AvgIpc) is 2.69. The summed E-state index contributed by atoms with van der Waals surface area (Å²) in [6, 6.07) is 3.50. The predicted octanol–water partition coefficient (Wildman–Crippen LogP) is 3.45. The Bertz CT molecular complexity index is 694. The zero-order valence-electron chi connectivity index (χ0n) is 17.3. The minimum atomic E-state index is -0.450. The third-order valence-corrected chi connectivity index (χ3v) is 5.40. The van der Waals surface area contributed by atoms with Gasteiger partial charge in [-0.2, -0.15) is 0 Å². The van der Waals surface area contributed by atoms with Gasteiger partial charge in [0.15, 0.2) is 0 Å². The topological polar surface area (TPSA) is 70.7 Å². The second-order valence-electron chi connectivity index (χ2n) is 7.66. The molecule has 1 aromatic carbocycles. The van der Waals surface area contributed by atoms with Crippen LogP contribution in [-0.2, 0) is 14.3 Å². The van der Waals surface area contributed by atoms with Gasteiger partial charge in [0, 0.05) is 19.1 Å². The summed E-state index contributed by atoms with van der Waals surface area (Å²) in [6.45, 7) is 8.39. The minimum absolute atomic E-state index is 0.0286. The van der Waals surface area contributed by atoms with E-state index in [1.165, 1.54) is 18.2 Å². The maximum atomic E-state index is 13.1. The number of benzene rings is 1. The predicted molar refractivity (Wildman–Crippen MR) is 113 cm³/mol. The van der Waals surface area contributed by atoms with Crippen molar-refractivity contribution in [2.24, 2.45) is 5.92 Å². The fourth-order valence-electron chi connectivity index (χ4n) is 3.29. The highest BCUT2D eigenvalue weighted by molar-refractivity contribution is 6.33. The third kappa shape index (κ3) is 7.57. The number of anilines is 1. The maximum Gasteiger partial charge on any atom is 0.241 e. The average molecular weight is 428 g/mol. The summed E-state index contributed by atoms with van der Waals surface area (Å²) in [5.74, 6) is -0.608. The molecule has 0 saturated carbocycles. The Balaban J connectivity index is 1.73. The highest BCUT2D eigenvalue weighted by Crippen LogP contribution is 2.24. The van der Waals surface area contributed by atoms with E-state index in [9.17, 15) is 14.0 Å². The zero-order valence-corrected chi connectivity index (χ0v) is 18.1. The largest absolute Gasteiger partial charge is 0.379 e. The number of ether oxygens (including phenoxy) is 1. The summed E-state index contributed by atoms with van der Waals surface area (Å²) >= 11 is 5.97. The van der Waals surface area contributed by atoms with Crippen molar-refractivity contribution < 1.29 is 18.7 Å². The first-order valence-electron chi connectivity index (χ1n) is 10.2. The number of nitrogens with one attached hydrogen (secondary N) is 2. The second-order valence-corrected chi connectivity index (χ2v) is 8.07. The molecule has 1 aliphatic heterocycles. The molecular formula is C21H31ClFN3O3. The van der Waals surface area contributed by atoms with Gasteiger partial charge in [0.25, 0.3) is 0 Å². The molecular weight excluding hydrogens is 397 g/mol. The van der Waals surface area contributed by atoms with Gasteiger partial charge in [-0.05, 0) is 71.3 Å². The number of likely N-dealkylation sites (tertiary alicyclic amines) is 1. The minimum Gasteiger partial charge on any atom is -0.379 e. The van der Waals surface area contributed by atoms with Gasteiger partial charge in [-0.25, -0.2) is 4.39 Å². The third-order valence-electron chi connectivity index (χ3n) is 5.09. The summed E-state index contributed by atoms with van der Waals surface area (Å²) < 4.78 is 18.6. The van der Waals surface area contributed by atoms with E-state index in [0.29, 0.717) is 44.8 Å². The molecule has 6 nitrogen and oxygen atoms in total. The van der Waals surface area contributed by atoms with Gasteiger partial charge < -0.3 is 15.4 Å². The summed E-state index contributed by atoms with van der Waals surface area (Å²) in [4.78, 5) is 26.9. The number of hydrogen-bond acceptors (Lipinski definition) is 4. The number of hydrogen-bond donors (Lipinski definition) is 2. The summed E-state index contributed by atoms with van der Waals surface area (Å²) in [5.41, 5.74) is 0.389. The van der Waals surface area contributed by atoms with Crippen LogP contribution in [0, 0.1) is 11.7 Å². The molecule has 2 N–H and O–H groups in total. The lowest BCUT2D eigenvalue weighted by Gasteiger charge is -2.34. The first kappa shape index (κ1) is 23.6. The van der Waals surface area contributed by atoms with Gasteiger partial charge in [-0.3, -0.25) is 14.5 Å². The number of amides is 2. The Kier molecular flexibility index (Phi) is 9.33. The number of piperidine rings is 1. The molecule has 1 saturated heterocycles. The van der Waals surface area contributed by atoms with Crippen LogP contribution in [0.1, 0.15) is 40.0 Å². The molecule has 1 aromatic rings. The quantitative estimate of drug-likeness (QED) is 0.592. The van der Waals surface area contributed by atoms with Crippen LogP contribution in [0.2, 0.25) is 5.02 Å². The summed E-state index contributed by atoms with van der Waals surface area (Å²) in [5, 5.41) is 5.89. The number of halogens is 2. The molecule has 8 heteroatoms. The molecule has 29 heavy (non-hydrogen) atoms. The number of carbonyl (C=O) groups is 2. The van der Waals surface area contributed by atoms with Gasteiger partial charge in [0.05, 0.1) is 22.9 Å². The lowest BCUT2D eigenvalue weighted by Crippen LogP contribution is -2.48. The van der Waals surface area contributed by atoms with E-state index in [0.717, 1.165) is 6.42 Å². The summed E-state index contributed by atoms with van der Waals surface area (Å²) in [6.07, 6.45) is 2.42. The molecule has 0 aromatic heterocycles. The Labute approximate surface area is 177 Å². The van der Waals surface area contributed by atoms with Gasteiger partial charge in [0.1, 0.15) is 5.82 Å². The molecule has 1 fully saturated rings. The van der Waals surface area contributed by atoms with Crippen molar-refractivity contribution in [1.29, 1.82) is 0 Å². The molecule has 1 aliphatic rings. The molecule has 2 amide bonds. The Morgan fingerprint density at radius 3 is 2.59 bits per heavy atom. The van der Waals surface area contributed by atoms with E-state index in [-0.39, 0.29) is 34.9 Å². The van der Waals surface area contributed by atoms with E-state index >= 15 is 0 Å². The van der Waals surface area contributed by atoms with Crippen molar-refractivity contribution >= 4 is 29.1 Å². The second kappa shape index (κ2) is 11.5. The molecule has 1 atom stereocenters. The van der Waals surface area contributed by atoms with Crippen LogP contribution in [0.5, 0.6) is 0 Å². The molecule has 0 radical (unpaired) electrons. The normalized spacial score (nSPS) is 16.6. The first-order chi connectivity index (χ1) is 13.8. The fraction of sp³-hybridized carbons (Fsp3) is 0.619. The lowest BCUT2D eigenvalue weighted by atomic mass is 9.95. The van der Waals surface area contributed by atoms with Crippen molar-refractivity contribution in [3.8, 4) is 0 Å².